The number of aryl methyl sites for hydroxylation is 1. The molecule has 108 valence electrons. The van der Waals surface area contributed by atoms with E-state index >= 15 is 0 Å². The van der Waals surface area contributed by atoms with Crippen LogP contribution in [-0.4, -0.2) is 16.3 Å². The highest BCUT2D eigenvalue weighted by atomic mass is 15.3. The molecule has 3 nitrogen and oxygen atoms in total. The maximum atomic E-state index is 4.76. The number of benzene rings is 2. The summed E-state index contributed by atoms with van der Waals surface area (Å²) in [6.45, 7) is 3.07. The highest BCUT2D eigenvalue weighted by molar-refractivity contribution is 5.82. The number of rotatable bonds is 5. The van der Waals surface area contributed by atoms with Crippen LogP contribution in [0, 0.1) is 0 Å². The lowest BCUT2D eigenvalue weighted by Crippen LogP contribution is -2.23. The van der Waals surface area contributed by atoms with Gasteiger partial charge in [-0.05, 0) is 24.6 Å². The lowest BCUT2D eigenvalue weighted by molar-refractivity contribution is 0.531. The molecule has 1 heterocycles. The average molecular weight is 279 g/mol. The van der Waals surface area contributed by atoms with Gasteiger partial charge in [0.2, 0.25) is 0 Å². The van der Waals surface area contributed by atoms with E-state index < -0.39 is 0 Å². The van der Waals surface area contributed by atoms with E-state index in [4.69, 9.17) is 5.10 Å². The minimum absolute atomic E-state index is 0.239. The quantitative estimate of drug-likeness (QED) is 0.775. The second-order valence-electron chi connectivity index (χ2n) is 5.33. The molecule has 0 aliphatic carbocycles. The predicted molar refractivity (Wildman–Crippen MR) is 87.3 cm³/mol. The Kier molecular flexibility index (Phi) is 4.02. The van der Waals surface area contributed by atoms with Gasteiger partial charge in [0.15, 0.2) is 0 Å². The van der Waals surface area contributed by atoms with Crippen LogP contribution in [-0.2, 0) is 13.5 Å². The van der Waals surface area contributed by atoms with E-state index in [-0.39, 0.29) is 6.04 Å². The van der Waals surface area contributed by atoms with Crippen LogP contribution in [0.4, 0.5) is 0 Å². The summed E-state index contributed by atoms with van der Waals surface area (Å²) in [5, 5.41) is 9.57. The molecule has 3 heteroatoms. The van der Waals surface area contributed by atoms with Crippen molar-refractivity contribution in [2.75, 3.05) is 6.54 Å². The van der Waals surface area contributed by atoms with Gasteiger partial charge in [-0.3, -0.25) is 4.68 Å². The summed E-state index contributed by atoms with van der Waals surface area (Å²) in [5.41, 5.74) is 3.65. The standard InChI is InChI=1S/C18H21N3/c1-3-19-16(13-14-9-5-4-6-10-14)18-15-11-7-8-12-17(15)21(2)20-18/h4-12,16,19H,3,13H2,1-2H3. The molecule has 0 saturated carbocycles. The SMILES string of the molecule is CCNC(Cc1ccccc1)c1nn(C)c2ccccc12. The molecule has 1 unspecified atom stereocenters. The molecule has 1 atom stereocenters. The number of aromatic nitrogens is 2. The minimum atomic E-state index is 0.239. The van der Waals surface area contributed by atoms with Gasteiger partial charge in [0.1, 0.15) is 0 Å². The van der Waals surface area contributed by atoms with Gasteiger partial charge in [0.05, 0.1) is 17.3 Å². The van der Waals surface area contributed by atoms with E-state index in [1.54, 1.807) is 0 Å². The molecule has 0 amide bonds. The lowest BCUT2D eigenvalue weighted by atomic mass is 10.0. The Morgan fingerprint density at radius 2 is 1.76 bits per heavy atom. The molecule has 0 aliphatic rings. The number of hydrogen-bond acceptors (Lipinski definition) is 2. The van der Waals surface area contributed by atoms with Crippen LogP contribution >= 0.6 is 0 Å². The number of para-hydroxylation sites is 1. The average Bonchev–Trinajstić information content (AvgIpc) is 2.86. The summed E-state index contributed by atoms with van der Waals surface area (Å²) in [6.07, 6.45) is 0.954. The van der Waals surface area contributed by atoms with Gasteiger partial charge in [0.25, 0.3) is 0 Å². The zero-order valence-corrected chi connectivity index (χ0v) is 12.6. The van der Waals surface area contributed by atoms with Gasteiger partial charge in [-0.15, -0.1) is 0 Å². The predicted octanol–water partition coefficient (Wildman–Crippen LogP) is 3.47. The maximum Gasteiger partial charge on any atom is 0.0875 e. The summed E-state index contributed by atoms with van der Waals surface area (Å²) in [6, 6.07) is 19.3. The number of nitrogens with zero attached hydrogens (tertiary/aromatic N) is 2. The topological polar surface area (TPSA) is 29.9 Å². The largest absolute Gasteiger partial charge is 0.309 e. The van der Waals surface area contributed by atoms with E-state index in [1.165, 1.54) is 16.5 Å². The highest BCUT2D eigenvalue weighted by Gasteiger charge is 2.18. The van der Waals surface area contributed by atoms with Crippen molar-refractivity contribution >= 4 is 10.9 Å². The third-order valence-corrected chi connectivity index (χ3v) is 3.85. The van der Waals surface area contributed by atoms with Gasteiger partial charge < -0.3 is 5.32 Å². The van der Waals surface area contributed by atoms with Crippen LogP contribution in [0.2, 0.25) is 0 Å². The van der Waals surface area contributed by atoms with Gasteiger partial charge >= 0.3 is 0 Å². The molecule has 0 bridgehead atoms. The highest BCUT2D eigenvalue weighted by Crippen LogP contribution is 2.25. The molecule has 0 fully saturated rings. The van der Waals surface area contributed by atoms with E-state index in [0.717, 1.165) is 18.7 Å². The molecule has 3 rings (SSSR count). The fraction of sp³-hybridized carbons (Fsp3) is 0.278. The Hall–Kier alpha value is -2.13. The van der Waals surface area contributed by atoms with Gasteiger partial charge in [-0.25, -0.2) is 0 Å². The summed E-state index contributed by atoms with van der Waals surface area (Å²) in [5.74, 6) is 0. The fourth-order valence-electron chi connectivity index (χ4n) is 2.86. The first-order valence-corrected chi connectivity index (χ1v) is 7.48. The number of fused-ring (bicyclic) bond motifs is 1. The van der Waals surface area contributed by atoms with Crippen molar-refractivity contribution < 1.29 is 0 Å². The normalized spacial score (nSPS) is 12.7. The Morgan fingerprint density at radius 3 is 2.52 bits per heavy atom. The van der Waals surface area contributed by atoms with Gasteiger partial charge in [-0.2, -0.15) is 5.10 Å². The second kappa shape index (κ2) is 6.10. The zero-order chi connectivity index (χ0) is 14.7. The van der Waals surface area contributed by atoms with E-state index in [0.29, 0.717) is 0 Å². The van der Waals surface area contributed by atoms with Crippen molar-refractivity contribution in [2.24, 2.45) is 7.05 Å². The van der Waals surface area contributed by atoms with E-state index in [9.17, 15) is 0 Å². The van der Waals surface area contributed by atoms with Crippen molar-refractivity contribution in [2.45, 2.75) is 19.4 Å². The van der Waals surface area contributed by atoms with E-state index in [2.05, 4.69) is 66.8 Å². The molecule has 2 aromatic carbocycles. The van der Waals surface area contributed by atoms with Crippen LogP contribution in [0.3, 0.4) is 0 Å². The second-order valence-corrected chi connectivity index (χ2v) is 5.33. The monoisotopic (exact) mass is 279 g/mol. The summed E-state index contributed by atoms with van der Waals surface area (Å²) in [4.78, 5) is 0. The summed E-state index contributed by atoms with van der Waals surface area (Å²) in [7, 11) is 2.01. The molecular formula is C18H21N3. The molecule has 0 radical (unpaired) electrons. The first-order chi connectivity index (χ1) is 10.3. The third-order valence-electron chi connectivity index (χ3n) is 3.85. The Bertz CT molecular complexity index is 716. The first kappa shape index (κ1) is 13.8. The number of nitrogens with one attached hydrogen (secondary N) is 1. The molecule has 0 spiro atoms. The van der Waals surface area contributed by atoms with Crippen molar-refractivity contribution in [1.29, 1.82) is 0 Å². The number of likely N-dealkylation sites (N-methyl/N-ethyl adjacent to an activating group) is 1. The Labute approximate surface area is 125 Å². The van der Waals surface area contributed by atoms with Crippen LogP contribution in [0.25, 0.3) is 10.9 Å². The van der Waals surface area contributed by atoms with Crippen LogP contribution < -0.4 is 5.32 Å². The number of hydrogen-bond donors (Lipinski definition) is 1. The van der Waals surface area contributed by atoms with Crippen LogP contribution in [0.1, 0.15) is 24.2 Å². The fourth-order valence-corrected chi connectivity index (χ4v) is 2.86. The van der Waals surface area contributed by atoms with Gasteiger partial charge in [0, 0.05) is 12.4 Å². The molecule has 0 aliphatic heterocycles. The summed E-state index contributed by atoms with van der Waals surface area (Å²) >= 11 is 0. The maximum absolute atomic E-state index is 4.76. The molecule has 0 saturated heterocycles. The summed E-state index contributed by atoms with van der Waals surface area (Å²) < 4.78 is 1.97. The molecular weight excluding hydrogens is 258 g/mol. The minimum Gasteiger partial charge on any atom is -0.309 e. The molecule has 1 aromatic heterocycles. The zero-order valence-electron chi connectivity index (χ0n) is 12.6. The van der Waals surface area contributed by atoms with Gasteiger partial charge in [-0.1, -0.05) is 55.5 Å². The third kappa shape index (κ3) is 2.83. The van der Waals surface area contributed by atoms with Crippen molar-refractivity contribution in [3.63, 3.8) is 0 Å². The van der Waals surface area contributed by atoms with Crippen LogP contribution in [0.5, 0.6) is 0 Å². The van der Waals surface area contributed by atoms with Crippen molar-refractivity contribution in [3.05, 3.63) is 65.9 Å². The molecule has 3 aromatic rings. The Balaban J connectivity index is 1.99. The smallest absolute Gasteiger partial charge is 0.0875 e. The molecule has 1 N–H and O–H groups in total. The van der Waals surface area contributed by atoms with Crippen molar-refractivity contribution in [1.82, 2.24) is 15.1 Å². The Morgan fingerprint density at radius 1 is 1.05 bits per heavy atom. The molecule has 21 heavy (non-hydrogen) atoms. The van der Waals surface area contributed by atoms with Crippen LogP contribution in [0.15, 0.2) is 54.6 Å². The van der Waals surface area contributed by atoms with E-state index in [1.807, 2.05) is 11.7 Å². The van der Waals surface area contributed by atoms with Crippen molar-refractivity contribution in [3.8, 4) is 0 Å². The lowest BCUT2D eigenvalue weighted by Gasteiger charge is -2.16. The first-order valence-electron chi connectivity index (χ1n) is 7.48.